The minimum Gasteiger partial charge on any atom is -0.457 e. The smallest absolute Gasteiger partial charge is 0.416 e. The number of halogens is 7. The van der Waals surface area contributed by atoms with Gasteiger partial charge in [0.2, 0.25) is 0 Å². The van der Waals surface area contributed by atoms with Crippen molar-refractivity contribution in [2.45, 2.75) is 31.4 Å². The summed E-state index contributed by atoms with van der Waals surface area (Å²) in [6, 6.07) is 15.4. The van der Waals surface area contributed by atoms with E-state index in [4.69, 9.17) is 4.74 Å². The third-order valence-electron chi connectivity index (χ3n) is 5.49. The molecule has 0 amide bonds. The highest BCUT2D eigenvalue weighted by Gasteiger charge is 2.39. The number of rotatable bonds is 10. The fourth-order valence-electron chi connectivity index (χ4n) is 3.52. The Kier molecular flexibility index (Phi) is 8.90. The first-order valence-electron chi connectivity index (χ1n) is 11.1. The lowest BCUT2D eigenvalue weighted by molar-refractivity contribution is -0.200. The molecular formula is C26H25F7N2O2. The van der Waals surface area contributed by atoms with Crippen LogP contribution >= 0.6 is 0 Å². The molecule has 3 aromatic carbocycles. The minimum atomic E-state index is -4.97. The average molecular weight is 530 g/mol. The van der Waals surface area contributed by atoms with Crippen LogP contribution in [-0.4, -0.2) is 44.5 Å². The Bertz CT molecular complexity index is 1190. The topological polar surface area (TPSA) is 35.9 Å². The van der Waals surface area contributed by atoms with Gasteiger partial charge in [-0.1, -0.05) is 18.2 Å². The molecule has 0 aromatic heterocycles. The molecule has 1 N–H and O–H groups in total. The van der Waals surface area contributed by atoms with Crippen molar-refractivity contribution < 1.29 is 40.6 Å². The first kappa shape index (κ1) is 28.1. The molecular weight excluding hydrogens is 505 g/mol. The number of nitrogens with zero attached hydrogens (tertiary/aromatic N) is 2. The second-order valence-corrected chi connectivity index (χ2v) is 8.52. The predicted octanol–water partition coefficient (Wildman–Crippen LogP) is 6.89. The van der Waals surface area contributed by atoms with Gasteiger partial charge in [0.1, 0.15) is 17.3 Å². The highest BCUT2D eigenvalue weighted by molar-refractivity contribution is 5.54. The predicted molar refractivity (Wildman–Crippen MR) is 127 cm³/mol. The van der Waals surface area contributed by atoms with Crippen molar-refractivity contribution in [2.24, 2.45) is 0 Å². The van der Waals surface area contributed by atoms with Gasteiger partial charge in [0.05, 0.1) is 6.54 Å². The standard InChI is InChI=1S/C26H25F7N2O2/c1-34(2)18-5-3-7-20(12-18)37-21-8-4-6-19(13-21)35(15-23(36)26(31,32)33)14-17-11-16(9-10-22(17)27)24(28)25(29)30/h3-13,23-25,36H,14-15H2,1-2H3. The molecule has 2 unspecified atom stereocenters. The summed E-state index contributed by atoms with van der Waals surface area (Å²) in [5.41, 5.74) is 0.134. The molecule has 0 radical (unpaired) electrons. The molecule has 0 fully saturated rings. The van der Waals surface area contributed by atoms with Gasteiger partial charge in [-0.3, -0.25) is 0 Å². The number of aliphatic hydroxyl groups is 1. The van der Waals surface area contributed by atoms with Crippen LogP contribution in [0.25, 0.3) is 0 Å². The van der Waals surface area contributed by atoms with Crippen LogP contribution < -0.4 is 14.5 Å². The molecule has 0 bridgehead atoms. The zero-order valence-electron chi connectivity index (χ0n) is 19.9. The molecule has 0 aliphatic rings. The number of hydrogen-bond donors (Lipinski definition) is 1. The van der Waals surface area contributed by atoms with E-state index in [1.807, 2.05) is 25.1 Å². The van der Waals surface area contributed by atoms with Crippen molar-refractivity contribution >= 4 is 11.4 Å². The van der Waals surface area contributed by atoms with E-state index in [1.165, 1.54) is 18.2 Å². The molecule has 4 nitrogen and oxygen atoms in total. The zero-order valence-corrected chi connectivity index (χ0v) is 19.9. The summed E-state index contributed by atoms with van der Waals surface area (Å²) >= 11 is 0. The van der Waals surface area contributed by atoms with Gasteiger partial charge < -0.3 is 19.6 Å². The monoisotopic (exact) mass is 530 g/mol. The van der Waals surface area contributed by atoms with Gasteiger partial charge >= 0.3 is 6.18 Å². The normalized spacial score (nSPS) is 13.4. The highest BCUT2D eigenvalue weighted by atomic mass is 19.4. The minimum absolute atomic E-state index is 0.125. The Hall–Kier alpha value is -3.47. The van der Waals surface area contributed by atoms with E-state index < -0.39 is 49.3 Å². The summed E-state index contributed by atoms with van der Waals surface area (Å²) in [6.45, 7) is -1.57. The van der Waals surface area contributed by atoms with Gasteiger partial charge in [0.15, 0.2) is 12.3 Å². The van der Waals surface area contributed by atoms with Crippen molar-refractivity contribution in [2.75, 3.05) is 30.4 Å². The molecule has 0 aliphatic heterocycles. The van der Waals surface area contributed by atoms with E-state index in [1.54, 1.807) is 24.3 Å². The Morgan fingerprint density at radius 3 is 2.03 bits per heavy atom. The van der Waals surface area contributed by atoms with Crippen LogP contribution in [0.4, 0.5) is 42.1 Å². The summed E-state index contributed by atoms with van der Waals surface area (Å²) in [4.78, 5) is 2.86. The molecule has 37 heavy (non-hydrogen) atoms. The fourth-order valence-corrected chi connectivity index (χ4v) is 3.52. The number of alkyl halides is 6. The molecule has 200 valence electrons. The van der Waals surface area contributed by atoms with E-state index in [2.05, 4.69) is 0 Å². The number of ether oxygens (including phenoxy) is 1. The van der Waals surface area contributed by atoms with Gasteiger partial charge in [0.25, 0.3) is 6.43 Å². The summed E-state index contributed by atoms with van der Waals surface area (Å²) < 4.78 is 99.3. The van der Waals surface area contributed by atoms with Crippen molar-refractivity contribution in [3.05, 3.63) is 83.7 Å². The molecule has 0 saturated heterocycles. The quantitative estimate of drug-likeness (QED) is 0.290. The van der Waals surface area contributed by atoms with Gasteiger partial charge in [-0.15, -0.1) is 0 Å². The number of benzene rings is 3. The molecule has 0 heterocycles. The van der Waals surface area contributed by atoms with Crippen LogP contribution in [0.2, 0.25) is 0 Å². The Morgan fingerprint density at radius 1 is 0.865 bits per heavy atom. The molecule has 11 heteroatoms. The van der Waals surface area contributed by atoms with Crippen molar-refractivity contribution in [1.82, 2.24) is 0 Å². The molecule has 0 spiro atoms. The molecule has 2 atom stereocenters. The Morgan fingerprint density at radius 2 is 1.46 bits per heavy atom. The van der Waals surface area contributed by atoms with E-state index in [-0.39, 0.29) is 17.0 Å². The summed E-state index contributed by atoms with van der Waals surface area (Å²) in [5, 5.41) is 9.71. The summed E-state index contributed by atoms with van der Waals surface area (Å²) in [6.07, 6.45) is -13.8. The molecule has 0 saturated carbocycles. The maximum Gasteiger partial charge on any atom is 0.416 e. The van der Waals surface area contributed by atoms with Gasteiger partial charge in [-0.25, -0.2) is 17.6 Å². The van der Waals surface area contributed by atoms with Crippen LogP contribution in [-0.2, 0) is 6.54 Å². The van der Waals surface area contributed by atoms with Crippen LogP contribution in [0.1, 0.15) is 17.3 Å². The SMILES string of the molecule is CN(C)c1cccc(Oc2cccc(N(Cc3cc(C(F)C(F)F)ccc3F)CC(O)C(F)(F)F)c2)c1. The van der Waals surface area contributed by atoms with Crippen LogP contribution in [0.15, 0.2) is 66.7 Å². The second kappa shape index (κ2) is 11.7. The molecule has 0 aliphatic carbocycles. The number of anilines is 2. The maximum absolute atomic E-state index is 14.5. The third kappa shape index (κ3) is 7.51. The van der Waals surface area contributed by atoms with Crippen molar-refractivity contribution in [1.29, 1.82) is 0 Å². The lowest BCUT2D eigenvalue weighted by Crippen LogP contribution is -2.41. The Balaban J connectivity index is 1.94. The van der Waals surface area contributed by atoms with Crippen LogP contribution in [0, 0.1) is 5.82 Å². The highest BCUT2D eigenvalue weighted by Crippen LogP contribution is 2.32. The van der Waals surface area contributed by atoms with Crippen LogP contribution in [0.3, 0.4) is 0 Å². The lowest BCUT2D eigenvalue weighted by atomic mass is 10.1. The third-order valence-corrected chi connectivity index (χ3v) is 5.49. The number of hydrogen-bond acceptors (Lipinski definition) is 4. The van der Waals surface area contributed by atoms with E-state index in [9.17, 15) is 35.8 Å². The van der Waals surface area contributed by atoms with E-state index in [0.717, 1.165) is 28.8 Å². The molecule has 3 aromatic rings. The van der Waals surface area contributed by atoms with Crippen molar-refractivity contribution in [3.63, 3.8) is 0 Å². The van der Waals surface area contributed by atoms with Gasteiger partial charge in [-0.05, 0) is 42.0 Å². The summed E-state index contributed by atoms with van der Waals surface area (Å²) in [5.74, 6) is -0.231. The molecule has 3 rings (SSSR count). The van der Waals surface area contributed by atoms with Gasteiger partial charge in [0, 0.05) is 49.7 Å². The lowest BCUT2D eigenvalue weighted by Gasteiger charge is -2.29. The van der Waals surface area contributed by atoms with Crippen molar-refractivity contribution in [3.8, 4) is 11.5 Å². The Labute approximate surface area is 209 Å². The fraction of sp³-hybridized carbons (Fsp3) is 0.308. The first-order chi connectivity index (χ1) is 17.3. The number of aliphatic hydroxyl groups excluding tert-OH is 1. The van der Waals surface area contributed by atoms with E-state index >= 15 is 0 Å². The maximum atomic E-state index is 14.5. The average Bonchev–Trinajstić information content (AvgIpc) is 2.84. The van der Waals surface area contributed by atoms with Crippen LogP contribution in [0.5, 0.6) is 11.5 Å². The first-order valence-corrected chi connectivity index (χ1v) is 11.1. The van der Waals surface area contributed by atoms with E-state index in [0.29, 0.717) is 5.75 Å². The second-order valence-electron chi connectivity index (χ2n) is 8.52. The largest absolute Gasteiger partial charge is 0.457 e. The summed E-state index contributed by atoms with van der Waals surface area (Å²) in [7, 11) is 3.67. The van der Waals surface area contributed by atoms with Gasteiger partial charge in [-0.2, -0.15) is 13.2 Å². The zero-order chi connectivity index (χ0) is 27.3.